The Morgan fingerprint density at radius 1 is 1.56 bits per heavy atom. The van der Waals surface area contributed by atoms with E-state index in [0.29, 0.717) is 12.2 Å². The largest absolute Gasteiger partial charge is 0.397 e. The molecule has 1 aliphatic heterocycles. The lowest BCUT2D eigenvalue weighted by atomic mass is 10.1. The Labute approximate surface area is 95.6 Å². The number of hydrogen-bond donors (Lipinski definition) is 1. The van der Waals surface area contributed by atoms with Gasteiger partial charge >= 0.3 is 6.03 Å². The smallest absolute Gasteiger partial charge is 0.324 e. The maximum Gasteiger partial charge on any atom is 0.324 e. The van der Waals surface area contributed by atoms with Crippen LogP contribution in [0.4, 0.5) is 16.2 Å². The van der Waals surface area contributed by atoms with Crippen LogP contribution in [-0.4, -0.2) is 31.1 Å². The molecule has 2 rings (SSSR count). The van der Waals surface area contributed by atoms with Gasteiger partial charge in [-0.2, -0.15) is 0 Å². The van der Waals surface area contributed by atoms with Crippen molar-refractivity contribution in [2.45, 2.75) is 13.3 Å². The Morgan fingerprint density at radius 3 is 3.00 bits per heavy atom. The molecule has 16 heavy (non-hydrogen) atoms. The van der Waals surface area contributed by atoms with Gasteiger partial charge < -0.3 is 10.6 Å². The minimum Gasteiger partial charge on any atom is -0.397 e. The van der Waals surface area contributed by atoms with Crippen LogP contribution >= 0.6 is 0 Å². The molecule has 0 fully saturated rings. The summed E-state index contributed by atoms with van der Waals surface area (Å²) in [6, 6.07) is 5.84. The topological polar surface area (TPSA) is 49.6 Å². The third kappa shape index (κ3) is 1.60. The number of fused-ring (bicyclic) bond motifs is 1. The van der Waals surface area contributed by atoms with Gasteiger partial charge in [-0.3, -0.25) is 4.90 Å². The molecule has 0 saturated carbocycles. The van der Waals surface area contributed by atoms with Crippen LogP contribution in [0.1, 0.15) is 12.5 Å². The Balaban J connectivity index is 2.33. The standard InChI is InChI=1S/C12H17N3O/c1-3-14(2)12(16)15-8-7-9-5-4-6-10(13)11(9)15/h4-6H,3,7-8,13H2,1-2H3. The fourth-order valence-electron chi connectivity index (χ4n) is 2.02. The summed E-state index contributed by atoms with van der Waals surface area (Å²) in [6.45, 7) is 3.40. The molecule has 0 aliphatic carbocycles. The van der Waals surface area contributed by atoms with Crippen LogP contribution in [0.3, 0.4) is 0 Å². The third-order valence-corrected chi connectivity index (χ3v) is 3.06. The molecule has 0 saturated heterocycles. The second-order valence-corrected chi connectivity index (χ2v) is 4.05. The summed E-state index contributed by atoms with van der Waals surface area (Å²) in [7, 11) is 1.81. The lowest BCUT2D eigenvalue weighted by Crippen LogP contribution is -2.40. The van der Waals surface area contributed by atoms with Crippen molar-refractivity contribution in [1.82, 2.24) is 4.90 Å². The third-order valence-electron chi connectivity index (χ3n) is 3.06. The monoisotopic (exact) mass is 219 g/mol. The number of nitrogens with zero attached hydrogens (tertiary/aromatic N) is 2. The molecule has 0 aromatic heterocycles. The first kappa shape index (κ1) is 10.8. The zero-order chi connectivity index (χ0) is 11.7. The first-order chi connectivity index (χ1) is 7.65. The van der Waals surface area contributed by atoms with E-state index in [4.69, 9.17) is 5.73 Å². The molecular formula is C12H17N3O. The van der Waals surface area contributed by atoms with E-state index < -0.39 is 0 Å². The zero-order valence-electron chi connectivity index (χ0n) is 9.73. The molecule has 4 heteroatoms. The average Bonchev–Trinajstić information content (AvgIpc) is 2.72. The van der Waals surface area contributed by atoms with Crippen molar-refractivity contribution in [3.63, 3.8) is 0 Å². The molecule has 86 valence electrons. The highest BCUT2D eigenvalue weighted by atomic mass is 16.2. The van der Waals surface area contributed by atoms with E-state index in [1.807, 2.05) is 25.1 Å². The average molecular weight is 219 g/mol. The van der Waals surface area contributed by atoms with Gasteiger partial charge in [0.15, 0.2) is 0 Å². The number of rotatable bonds is 1. The van der Waals surface area contributed by atoms with E-state index in [2.05, 4.69) is 0 Å². The van der Waals surface area contributed by atoms with Crippen LogP contribution in [0.5, 0.6) is 0 Å². The summed E-state index contributed by atoms with van der Waals surface area (Å²) >= 11 is 0. The van der Waals surface area contributed by atoms with Crippen molar-refractivity contribution >= 4 is 17.4 Å². The van der Waals surface area contributed by atoms with Crippen molar-refractivity contribution < 1.29 is 4.79 Å². The Morgan fingerprint density at radius 2 is 2.31 bits per heavy atom. The summed E-state index contributed by atoms with van der Waals surface area (Å²) in [5.41, 5.74) is 8.68. The van der Waals surface area contributed by atoms with Crippen molar-refractivity contribution in [2.75, 3.05) is 30.8 Å². The molecule has 0 bridgehead atoms. The highest BCUT2D eigenvalue weighted by Gasteiger charge is 2.27. The van der Waals surface area contributed by atoms with Crippen LogP contribution in [0.15, 0.2) is 18.2 Å². The lowest BCUT2D eigenvalue weighted by Gasteiger charge is -2.24. The van der Waals surface area contributed by atoms with Crippen molar-refractivity contribution in [2.24, 2.45) is 0 Å². The fraction of sp³-hybridized carbons (Fsp3) is 0.417. The first-order valence-corrected chi connectivity index (χ1v) is 5.55. The Kier molecular flexibility index (Phi) is 2.73. The molecule has 2 amide bonds. The normalized spacial score (nSPS) is 13.8. The number of para-hydroxylation sites is 1. The number of nitrogen functional groups attached to an aromatic ring is 1. The van der Waals surface area contributed by atoms with E-state index in [9.17, 15) is 4.79 Å². The van der Waals surface area contributed by atoms with Crippen LogP contribution < -0.4 is 10.6 Å². The number of hydrogen-bond acceptors (Lipinski definition) is 2. The molecule has 0 atom stereocenters. The van der Waals surface area contributed by atoms with Crippen LogP contribution in [-0.2, 0) is 6.42 Å². The first-order valence-electron chi connectivity index (χ1n) is 5.55. The Hall–Kier alpha value is -1.71. The van der Waals surface area contributed by atoms with Gasteiger partial charge in [-0.05, 0) is 25.0 Å². The Bertz CT molecular complexity index is 417. The van der Waals surface area contributed by atoms with Gasteiger partial charge in [0.2, 0.25) is 0 Å². The minimum absolute atomic E-state index is 0.0270. The number of urea groups is 1. The van der Waals surface area contributed by atoms with Gasteiger partial charge in [0.05, 0.1) is 11.4 Å². The van der Waals surface area contributed by atoms with Gasteiger partial charge in [-0.15, -0.1) is 0 Å². The molecule has 1 aromatic carbocycles. The number of benzene rings is 1. The minimum atomic E-state index is 0.0270. The van der Waals surface area contributed by atoms with E-state index in [1.54, 1.807) is 16.8 Å². The van der Waals surface area contributed by atoms with Crippen LogP contribution in [0.2, 0.25) is 0 Å². The molecule has 2 N–H and O–H groups in total. The summed E-state index contributed by atoms with van der Waals surface area (Å²) in [4.78, 5) is 15.6. The SMILES string of the molecule is CCN(C)C(=O)N1CCc2cccc(N)c21. The number of carbonyl (C=O) groups excluding carboxylic acids is 1. The fourth-order valence-corrected chi connectivity index (χ4v) is 2.02. The molecule has 0 radical (unpaired) electrons. The highest BCUT2D eigenvalue weighted by Crippen LogP contribution is 2.33. The predicted molar refractivity (Wildman–Crippen MR) is 65.6 cm³/mol. The molecular weight excluding hydrogens is 202 g/mol. The van der Waals surface area contributed by atoms with Gasteiger partial charge in [-0.25, -0.2) is 4.79 Å². The summed E-state index contributed by atoms with van der Waals surface area (Å²) in [5.74, 6) is 0. The highest BCUT2D eigenvalue weighted by molar-refractivity contribution is 5.97. The molecule has 4 nitrogen and oxygen atoms in total. The van der Waals surface area contributed by atoms with E-state index in [-0.39, 0.29) is 6.03 Å². The van der Waals surface area contributed by atoms with Crippen LogP contribution in [0, 0.1) is 0 Å². The second-order valence-electron chi connectivity index (χ2n) is 4.05. The molecule has 1 aromatic rings. The van der Waals surface area contributed by atoms with Crippen molar-refractivity contribution in [3.8, 4) is 0 Å². The maximum atomic E-state index is 12.1. The van der Waals surface area contributed by atoms with Crippen molar-refractivity contribution in [1.29, 1.82) is 0 Å². The van der Waals surface area contributed by atoms with Crippen LogP contribution in [0.25, 0.3) is 0 Å². The number of amides is 2. The predicted octanol–water partition coefficient (Wildman–Crippen LogP) is 1.70. The van der Waals surface area contributed by atoms with E-state index in [0.717, 1.165) is 24.2 Å². The zero-order valence-corrected chi connectivity index (χ0v) is 9.73. The summed E-state index contributed by atoms with van der Waals surface area (Å²) in [5, 5.41) is 0. The molecule has 0 spiro atoms. The lowest BCUT2D eigenvalue weighted by molar-refractivity contribution is 0.218. The van der Waals surface area contributed by atoms with E-state index in [1.165, 1.54) is 0 Å². The second kappa shape index (κ2) is 4.04. The summed E-state index contributed by atoms with van der Waals surface area (Å²) in [6.07, 6.45) is 0.893. The summed E-state index contributed by atoms with van der Waals surface area (Å²) < 4.78 is 0. The molecule has 1 heterocycles. The quantitative estimate of drug-likeness (QED) is 0.731. The van der Waals surface area contributed by atoms with Gasteiger partial charge in [0.25, 0.3) is 0 Å². The maximum absolute atomic E-state index is 12.1. The van der Waals surface area contributed by atoms with Gasteiger partial charge in [-0.1, -0.05) is 12.1 Å². The van der Waals surface area contributed by atoms with Gasteiger partial charge in [0, 0.05) is 20.1 Å². The number of nitrogens with two attached hydrogens (primary N) is 1. The molecule has 0 unspecified atom stereocenters. The van der Waals surface area contributed by atoms with Gasteiger partial charge in [0.1, 0.15) is 0 Å². The number of carbonyl (C=O) groups is 1. The molecule has 1 aliphatic rings. The van der Waals surface area contributed by atoms with E-state index >= 15 is 0 Å². The van der Waals surface area contributed by atoms with Crippen molar-refractivity contribution in [3.05, 3.63) is 23.8 Å². The number of anilines is 2.